The van der Waals surface area contributed by atoms with E-state index in [0.29, 0.717) is 34.6 Å². The molecule has 10 nitrogen and oxygen atoms in total. The van der Waals surface area contributed by atoms with Crippen molar-refractivity contribution < 1.29 is 5.11 Å². The number of hydrogen-bond acceptors (Lipinski definition) is 8. The number of imidazole rings is 1. The summed E-state index contributed by atoms with van der Waals surface area (Å²) in [5.41, 5.74) is 6.87. The molecule has 5 N–H and O–H groups in total. The molecule has 0 unspecified atom stereocenters. The zero-order chi connectivity index (χ0) is 16.7. The van der Waals surface area contributed by atoms with Gasteiger partial charge in [-0.2, -0.15) is 15.1 Å². The molecule has 0 spiro atoms. The summed E-state index contributed by atoms with van der Waals surface area (Å²) in [6.45, 7) is 1.73. The minimum Gasteiger partial charge on any atom is -0.508 e. The average Bonchev–Trinajstić information content (AvgIpc) is 3.13. The van der Waals surface area contributed by atoms with Crippen LogP contribution >= 0.6 is 0 Å². The number of nitrogens with two attached hydrogens (primary N) is 1. The quantitative estimate of drug-likeness (QED) is 0.441. The second-order valence-electron chi connectivity index (χ2n) is 5.07. The molecule has 0 aliphatic carbocycles. The first kappa shape index (κ1) is 13.9. The third kappa shape index (κ3) is 2.35. The largest absolute Gasteiger partial charge is 0.508 e. The van der Waals surface area contributed by atoms with E-state index in [1.807, 2.05) is 0 Å². The molecular weight excluding hydrogens is 310 g/mol. The maximum atomic E-state index is 9.69. The van der Waals surface area contributed by atoms with Crippen LogP contribution in [0.2, 0.25) is 0 Å². The molecule has 0 amide bonds. The van der Waals surface area contributed by atoms with Crippen LogP contribution in [0.5, 0.6) is 5.75 Å². The Morgan fingerprint density at radius 3 is 2.83 bits per heavy atom. The molecule has 0 radical (unpaired) electrons. The van der Waals surface area contributed by atoms with Crippen LogP contribution in [0.1, 0.15) is 5.82 Å². The van der Waals surface area contributed by atoms with E-state index in [9.17, 15) is 5.11 Å². The molecule has 0 saturated heterocycles. The van der Waals surface area contributed by atoms with E-state index in [4.69, 9.17) is 5.73 Å². The Labute approximate surface area is 135 Å². The molecular formula is C14H13N9O. The number of rotatable bonds is 3. The average molecular weight is 323 g/mol. The zero-order valence-electron chi connectivity index (χ0n) is 12.6. The van der Waals surface area contributed by atoms with Gasteiger partial charge in [-0.25, -0.2) is 9.97 Å². The number of aryl methyl sites for hydroxylation is 1. The van der Waals surface area contributed by atoms with Crippen LogP contribution in [0.25, 0.3) is 17.2 Å². The summed E-state index contributed by atoms with van der Waals surface area (Å²) in [7, 11) is 0. The number of pyridine rings is 1. The number of fused-ring (bicyclic) bond motifs is 1. The standard InChI is InChI=1S/C14H13N9O/c1-7-17-12(21-14(15)18-7)11-13(19-9-2-4-16-22-9)20-10-6-8(24)3-5-23(10)11/h2-6,24H,1H3,(H2,16,19,22)(H2,15,17,18,21). The van der Waals surface area contributed by atoms with Crippen molar-refractivity contribution in [1.29, 1.82) is 0 Å². The van der Waals surface area contributed by atoms with E-state index in [-0.39, 0.29) is 11.7 Å². The maximum absolute atomic E-state index is 9.69. The zero-order valence-corrected chi connectivity index (χ0v) is 12.6. The maximum Gasteiger partial charge on any atom is 0.223 e. The van der Waals surface area contributed by atoms with Gasteiger partial charge < -0.3 is 16.2 Å². The van der Waals surface area contributed by atoms with Crippen LogP contribution in [-0.2, 0) is 0 Å². The van der Waals surface area contributed by atoms with Gasteiger partial charge in [-0.15, -0.1) is 0 Å². The molecule has 0 bridgehead atoms. The van der Waals surface area contributed by atoms with Gasteiger partial charge >= 0.3 is 0 Å². The van der Waals surface area contributed by atoms with Crippen LogP contribution in [0, 0.1) is 6.92 Å². The molecule has 24 heavy (non-hydrogen) atoms. The van der Waals surface area contributed by atoms with E-state index in [1.165, 1.54) is 6.07 Å². The Morgan fingerprint density at radius 1 is 1.21 bits per heavy atom. The Kier molecular flexibility index (Phi) is 3.02. The fourth-order valence-electron chi connectivity index (χ4n) is 2.39. The van der Waals surface area contributed by atoms with E-state index >= 15 is 0 Å². The third-order valence-corrected chi connectivity index (χ3v) is 3.33. The first-order valence-electron chi connectivity index (χ1n) is 7.06. The molecule has 120 valence electrons. The summed E-state index contributed by atoms with van der Waals surface area (Å²) in [6, 6.07) is 4.85. The molecule has 0 saturated carbocycles. The van der Waals surface area contributed by atoms with Gasteiger partial charge in [0.25, 0.3) is 0 Å². The van der Waals surface area contributed by atoms with Crippen molar-refractivity contribution in [2.75, 3.05) is 11.1 Å². The number of H-pyrrole nitrogens is 1. The fourth-order valence-corrected chi connectivity index (χ4v) is 2.39. The van der Waals surface area contributed by atoms with Crippen molar-refractivity contribution in [3.8, 4) is 17.3 Å². The van der Waals surface area contributed by atoms with Crippen LogP contribution in [0.4, 0.5) is 17.6 Å². The van der Waals surface area contributed by atoms with Crippen LogP contribution in [0.3, 0.4) is 0 Å². The second kappa shape index (κ2) is 5.19. The lowest BCUT2D eigenvalue weighted by Crippen LogP contribution is -2.04. The molecule has 0 aromatic carbocycles. The minimum atomic E-state index is 0.108. The van der Waals surface area contributed by atoms with Crippen molar-refractivity contribution in [1.82, 2.24) is 34.5 Å². The van der Waals surface area contributed by atoms with E-state index in [0.717, 1.165) is 0 Å². The van der Waals surface area contributed by atoms with Gasteiger partial charge in [0, 0.05) is 24.5 Å². The van der Waals surface area contributed by atoms with Gasteiger partial charge in [-0.05, 0) is 13.0 Å². The summed E-state index contributed by atoms with van der Waals surface area (Å²) in [4.78, 5) is 17.0. The summed E-state index contributed by atoms with van der Waals surface area (Å²) < 4.78 is 1.75. The highest BCUT2D eigenvalue weighted by Crippen LogP contribution is 2.30. The molecule has 0 fully saturated rings. The highest BCUT2D eigenvalue weighted by atomic mass is 16.3. The smallest absolute Gasteiger partial charge is 0.223 e. The predicted octanol–water partition coefficient (Wildman–Crippen LogP) is 1.25. The molecule has 10 heteroatoms. The van der Waals surface area contributed by atoms with E-state index in [1.54, 1.807) is 35.9 Å². The number of nitrogen functional groups attached to an aromatic ring is 1. The third-order valence-electron chi connectivity index (χ3n) is 3.33. The second-order valence-corrected chi connectivity index (χ2v) is 5.07. The first-order valence-corrected chi connectivity index (χ1v) is 7.06. The number of hydrogen-bond donors (Lipinski definition) is 4. The van der Waals surface area contributed by atoms with Gasteiger partial charge in [-0.1, -0.05) is 0 Å². The number of aromatic nitrogens is 7. The van der Waals surface area contributed by atoms with E-state index < -0.39 is 0 Å². The van der Waals surface area contributed by atoms with Crippen molar-refractivity contribution in [3.05, 3.63) is 36.4 Å². The van der Waals surface area contributed by atoms with Crippen LogP contribution < -0.4 is 11.1 Å². The number of nitrogens with zero attached hydrogens (tertiary/aromatic N) is 6. The van der Waals surface area contributed by atoms with Gasteiger partial charge in [0.05, 0.1) is 0 Å². The summed E-state index contributed by atoms with van der Waals surface area (Å²) >= 11 is 0. The molecule has 4 heterocycles. The molecule has 4 aromatic heterocycles. The van der Waals surface area contributed by atoms with Gasteiger partial charge in [0.1, 0.15) is 22.9 Å². The number of aromatic hydroxyl groups is 1. The Hall–Kier alpha value is -3.69. The molecule has 0 aliphatic heterocycles. The normalized spacial score (nSPS) is 11.0. The number of nitrogens with one attached hydrogen (secondary N) is 2. The van der Waals surface area contributed by atoms with Gasteiger partial charge in [-0.3, -0.25) is 9.50 Å². The molecule has 0 atom stereocenters. The number of aromatic amines is 1. The SMILES string of the molecule is Cc1nc(N)nc(-c2c(Nc3cc[nH]n3)nc3cc(O)ccn23)n1. The lowest BCUT2D eigenvalue weighted by atomic mass is 10.3. The van der Waals surface area contributed by atoms with Gasteiger partial charge in [0.15, 0.2) is 17.5 Å². The Morgan fingerprint density at radius 2 is 2.08 bits per heavy atom. The number of anilines is 3. The fraction of sp³-hybridized carbons (Fsp3) is 0.0714. The van der Waals surface area contributed by atoms with Crippen molar-refractivity contribution in [2.45, 2.75) is 6.92 Å². The van der Waals surface area contributed by atoms with Crippen LogP contribution in [0.15, 0.2) is 30.6 Å². The topological polar surface area (TPSA) is 143 Å². The van der Waals surface area contributed by atoms with Crippen molar-refractivity contribution >= 4 is 23.2 Å². The van der Waals surface area contributed by atoms with Gasteiger partial charge in [0.2, 0.25) is 5.95 Å². The lowest BCUT2D eigenvalue weighted by molar-refractivity contribution is 0.475. The highest BCUT2D eigenvalue weighted by Gasteiger charge is 2.19. The van der Waals surface area contributed by atoms with Crippen molar-refractivity contribution in [2.24, 2.45) is 0 Å². The lowest BCUT2D eigenvalue weighted by Gasteiger charge is -2.06. The monoisotopic (exact) mass is 323 g/mol. The molecule has 0 aliphatic rings. The Balaban J connectivity index is 1.96. The summed E-state index contributed by atoms with van der Waals surface area (Å²) in [5.74, 6) is 2.17. The minimum absolute atomic E-state index is 0.108. The van der Waals surface area contributed by atoms with Crippen molar-refractivity contribution in [3.63, 3.8) is 0 Å². The Bertz CT molecular complexity index is 1000. The predicted molar refractivity (Wildman–Crippen MR) is 86.7 cm³/mol. The highest BCUT2D eigenvalue weighted by molar-refractivity contribution is 5.76. The molecule has 4 aromatic rings. The molecule has 4 rings (SSSR count). The first-order chi connectivity index (χ1) is 11.6. The summed E-state index contributed by atoms with van der Waals surface area (Å²) in [6.07, 6.45) is 3.37. The van der Waals surface area contributed by atoms with E-state index in [2.05, 4.69) is 35.5 Å². The summed E-state index contributed by atoms with van der Waals surface area (Å²) in [5, 5.41) is 19.6. The van der Waals surface area contributed by atoms with Crippen LogP contribution in [-0.4, -0.2) is 39.6 Å².